The molecule has 3 aromatic rings. The van der Waals surface area contributed by atoms with Gasteiger partial charge in [-0.25, -0.2) is 4.79 Å². The number of hydrogen-bond donors (Lipinski definition) is 1. The minimum absolute atomic E-state index is 0.0382. The molecule has 0 atom stereocenters. The van der Waals surface area contributed by atoms with Crippen LogP contribution < -0.4 is 19.7 Å². The minimum atomic E-state index is -0.117. The number of nitrogens with one attached hydrogen (secondary N) is 1. The number of hydrogen-bond acceptors (Lipinski definition) is 4. The summed E-state index contributed by atoms with van der Waals surface area (Å²) in [6, 6.07) is 22.6. The number of carbonyl (C=O) groups excluding carboxylic acids is 2. The number of rotatable bonds is 8. The normalized spacial score (nSPS) is 13.5. The van der Waals surface area contributed by atoms with Crippen LogP contribution in [-0.4, -0.2) is 44.1 Å². The van der Waals surface area contributed by atoms with Crippen molar-refractivity contribution in [2.45, 2.75) is 19.4 Å². The molecule has 7 nitrogen and oxygen atoms in total. The number of urea groups is 1. The summed E-state index contributed by atoms with van der Waals surface area (Å²) in [5, 5.41) is 2.94. The van der Waals surface area contributed by atoms with Crippen LogP contribution in [0.25, 0.3) is 0 Å². The number of amides is 3. The molecule has 1 aliphatic heterocycles. The molecule has 0 unspecified atom stereocenters. The van der Waals surface area contributed by atoms with E-state index < -0.39 is 0 Å². The minimum Gasteiger partial charge on any atom is -0.497 e. The van der Waals surface area contributed by atoms with Gasteiger partial charge in [-0.1, -0.05) is 30.3 Å². The first kappa shape index (κ1) is 23.2. The monoisotopic (exact) mass is 459 g/mol. The molecule has 0 bridgehead atoms. The summed E-state index contributed by atoms with van der Waals surface area (Å²) in [5.74, 6) is 1.43. The Kier molecular flexibility index (Phi) is 7.32. The SMILES string of the molecule is COc1ccc(CC(=O)Nc2cccc(N3CCCN(Cc4ccc(OC)cc4)C3=O)c2)cc1. The lowest BCUT2D eigenvalue weighted by Gasteiger charge is -2.36. The lowest BCUT2D eigenvalue weighted by atomic mass is 10.1. The van der Waals surface area contributed by atoms with Crippen molar-refractivity contribution in [3.8, 4) is 11.5 Å². The number of methoxy groups -OCH3 is 2. The van der Waals surface area contributed by atoms with Crippen molar-refractivity contribution in [3.05, 3.63) is 83.9 Å². The summed E-state index contributed by atoms with van der Waals surface area (Å²) in [7, 11) is 3.25. The van der Waals surface area contributed by atoms with Crippen LogP contribution in [0.4, 0.5) is 16.2 Å². The smallest absolute Gasteiger partial charge is 0.324 e. The molecule has 0 aromatic heterocycles. The standard InChI is InChI=1S/C27H29N3O4/c1-33-24-11-7-20(8-12-24)17-26(31)28-22-5-3-6-23(18-22)30-16-4-15-29(27(30)32)19-21-9-13-25(34-2)14-10-21/h3,5-14,18H,4,15-17,19H2,1-2H3,(H,28,31). The molecule has 1 aliphatic rings. The average Bonchev–Trinajstić information content (AvgIpc) is 2.86. The molecule has 34 heavy (non-hydrogen) atoms. The second-order valence-electron chi connectivity index (χ2n) is 8.18. The van der Waals surface area contributed by atoms with Gasteiger partial charge in [0.15, 0.2) is 0 Å². The van der Waals surface area contributed by atoms with Crippen LogP contribution in [0.15, 0.2) is 72.8 Å². The molecule has 1 heterocycles. The quantitative estimate of drug-likeness (QED) is 0.529. The van der Waals surface area contributed by atoms with Crippen molar-refractivity contribution in [1.29, 1.82) is 0 Å². The van der Waals surface area contributed by atoms with Crippen molar-refractivity contribution in [3.63, 3.8) is 0 Å². The van der Waals surface area contributed by atoms with Gasteiger partial charge in [-0.3, -0.25) is 9.69 Å². The zero-order valence-corrected chi connectivity index (χ0v) is 19.5. The molecule has 3 amide bonds. The highest BCUT2D eigenvalue weighted by molar-refractivity contribution is 5.95. The van der Waals surface area contributed by atoms with Gasteiger partial charge >= 0.3 is 6.03 Å². The highest BCUT2D eigenvalue weighted by Gasteiger charge is 2.27. The van der Waals surface area contributed by atoms with Crippen molar-refractivity contribution in [2.75, 3.05) is 37.5 Å². The van der Waals surface area contributed by atoms with Crippen molar-refractivity contribution >= 4 is 23.3 Å². The lowest BCUT2D eigenvalue weighted by molar-refractivity contribution is -0.115. The van der Waals surface area contributed by atoms with Crippen LogP contribution in [-0.2, 0) is 17.8 Å². The highest BCUT2D eigenvalue weighted by atomic mass is 16.5. The number of ether oxygens (including phenoxy) is 2. The van der Waals surface area contributed by atoms with E-state index in [2.05, 4.69) is 5.32 Å². The van der Waals surface area contributed by atoms with Crippen LogP contribution in [0, 0.1) is 0 Å². The molecule has 1 fully saturated rings. The van der Waals surface area contributed by atoms with Crippen LogP contribution in [0.3, 0.4) is 0 Å². The highest BCUT2D eigenvalue weighted by Crippen LogP contribution is 2.25. The van der Waals surface area contributed by atoms with Gasteiger partial charge in [-0.15, -0.1) is 0 Å². The van der Waals surface area contributed by atoms with E-state index in [4.69, 9.17) is 9.47 Å². The summed E-state index contributed by atoms with van der Waals surface area (Å²) in [5.41, 5.74) is 3.38. The molecule has 1 saturated heterocycles. The molecule has 0 saturated carbocycles. The predicted octanol–water partition coefficient (Wildman–Crippen LogP) is 4.72. The average molecular weight is 460 g/mol. The third-order valence-corrected chi connectivity index (χ3v) is 5.81. The van der Waals surface area contributed by atoms with Crippen molar-refractivity contribution in [2.24, 2.45) is 0 Å². The Balaban J connectivity index is 1.40. The first-order valence-corrected chi connectivity index (χ1v) is 11.3. The van der Waals surface area contributed by atoms with Crippen LogP contribution in [0.2, 0.25) is 0 Å². The van der Waals surface area contributed by atoms with Gasteiger partial charge in [0.2, 0.25) is 5.91 Å². The molecule has 176 valence electrons. The molecule has 4 rings (SSSR count). The van der Waals surface area contributed by atoms with Crippen molar-refractivity contribution < 1.29 is 19.1 Å². The predicted molar refractivity (Wildman–Crippen MR) is 133 cm³/mol. The first-order chi connectivity index (χ1) is 16.6. The number of carbonyl (C=O) groups is 2. The maximum Gasteiger partial charge on any atom is 0.324 e. The summed E-state index contributed by atoms with van der Waals surface area (Å²) in [6.45, 7) is 1.89. The van der Waals surface area contributed by atoms with Gasteiger partial charge in [0.1, 0.15) is 11.5 Å². The zero-order chi connectivity index (χ0) is 23.9. The molecule has 1 N–H and O–H groups in total. The summed E-state index contributed by atoms with van der Waals surface area (Å²) < 4.78 is 10.4. The Labute approximate surface area is 199 Å². The molecule has 0 spiro atoms. The summed E-state index contributed by atoms with van der Waals surface area (Å²) >= 11 is 0. The van der Waals surface area contributed by atoms with E-state index in [0.29, 0.717) is 25.3 Å². The van der Waals surface area contributed by atoms with Crippen LogP contribution >= 0.6 is 0 Å². The third kappa shape index (κ3) is 5.67. The molecule has 0 radical (unpaired) electrons. The van der Waals surface area contributed by atoms with E-state index in [-0.39, 0.29) is 18.4 Å². The van der Waals surface area contributed by atoms with E-state index in [1.54, 1.807) is 19.1 Å². The van der Waals surface area contributed by atoms with Crippen LogP contribution in [0.1, 0.15) is 17.5 Å². The van der Waals surface area contributed by atoms with Gasteiger partial charge in [-0.05, 0) is 60.0 Å². The second kappa shape index (κ2) is 10.7. The molecule has 0 aliphatic carbocycles. The Hall–Kier alpha value is -4.00. The maximum atomic E-state index is 13.2. The zero-order valence-electron chi connectivity index (χ0n) is 19.5. The fourth-order valence-corrected chi connectivity index (χ4v) is 4.00. The second-order valence-corrected chi connectivity index (χ2v) is 8.18. The molecule has 3 aromatic carbocycles. The van der Waals surface area contributed by atoms with E-state index in [1.807, 2.05) is 77.7 Å². The molecular weight excluding hydrogens is 430 g/mol. The van der Waals surface area contributed by atoms with Gasteiger partial charge < -0.3 is 19.7 Å². The van der Waals surface area contributed by atoms with Crippen molar-refractivity contribution in [1.82, 2.24) is 4.90 Å². The Morgan fingerprint density at radius 2 is 1.53 bits per heavy atom. The van der Waals surface area contributed by atoms with E-state index in [0.717, 1.165) is 34.7 Å². The van der Waals surface area contributed by atoms with E-state index in [1.165, 1.54) is 0 Å². The summed E-state index contributed by atoms with van der Waals surface area (Å²) in [6.07, 6.45) is 1.13. The lowest BCUT2D eigenvalue weighted by Crippen LogP contribution is -2.49. The maximum absolute atomic E-state index is 13.2. The molecule has 7 heteroatoms. The van der Waals surface area contributed by atoms with Crippen LogP contribution in [0.5, 0.6) is 11.5 Å². The van der Waals surface area contributed by atoms with E-state index >= 15 is 0 Å². The van der Waals surface area contributed by atoms with Gasteiger partial charge in [0.25, 0.3) is 0 Å². The third-order valence-electron chi connectivity index (χ3n) is 5.81. The summed E-state index contributed by atoms with van der Waals surface area (Å²) in [4.78, 5) is 29.4. The molecular formula is C27H29N3O4. The largest absolute Gasteiger partial charge is 0.497 e. The van der Waals surface area contributed by atoms with E-state index in [9.17, 15) is 9.59 Å². The van der Waals surface area contributed by atoms with Gasteiger partial charge in [0.05, 0.1) is 20.6 Å². The first-order valence-electron chi connectivity index (χ1n) is 11.3. The Morgan fingerprint density at radius 3 is 2.18 bits per heavy atom. The Bertz CT molecular complexity index is 1130. The number of benzene rings is 3. The Morgan fingerprint density at radius 1 is 0.882 bits per heavy atom. The fraction of sp³-hybridized carbons (Fsp3) is 0.259. The number of anilines is 2. The van der Waals surface area contributed by atoms with Gasteiger partial charge in [-0.2, -0.15) is 0 Å². The topological polar surface area (TPSA) is 71.1 Å². The number of nitrogens with zero attached hydrogens (tertiary/aromatic N) is 2. The fourth-order valence-electron chi connectivity index (χ4n) is 4.00. The van der Waals surface area contributed by atoms with Gasteiger partial charge in [0, 0.05) is 31.0 Å².